The van der Waals surface area contributed by atoms with Gasteiger partial charge in [-0.3, -0.25) is 14.6 Å². The molecule has 1 atom stereocenters. The van der Waals surface area contributed by atoms with Crippen molar-refractivity contribution in [2.75, 3.05) is 41.4 Å². The van der Waals surface area contributed by atoms with Gasteiger partial charge in [-0.1, -0.05) is 0 Å². The lowest BCUT2D eigenvalue weighted by molar-refractivity contribution is 0.100. The van der Waals surface area contributed by atoms with Crippen LogP contribution in [0.3, 0.4) is 0 Å². The number of fused-ring (bicyclic) bond motifs is 1. The highest BCUT2D eigenvalue weighted by atomic mass is 16.1. The lowest BCUT2D eigenvalue weighted by Crippen LogP contribution is -2.48. The van der Waals surface area contributed by atoms with E-state index in [0.29, 0.717) is 30.2 Å². The number of anilines is 4. The van der Waals surface area contributed by atoms with Gasteiger partial charge in [0.15, 0.2) is 5.82 Å². The van der Waals surface area contributed by atoms with Gasteiger partial charge in [-0.15, -0.1) is 0 Å². The Morgan fingerprint density at radius 3 is 2.79 bits per heavy atom. The van der Waals surface area contributed by atoms with Crippen LogP contribution in [-0.2, 0) is 0 Å². The number of aromatic amines is 1. The van der Waals surface area contributed by atoms with Crippen LogP contribution < -0.4 is 32.6 Å². The van der Waals surface area contributed by atoms with Crippen LogP contribution in [0.15, 0.2) is 29.1 Å². The first-order valence-corrected chi connectivity index (χ1v) is 7.46. The van der Waals surface area contributed by atoms with Gasteiger partial charge in [-0.2, -0.15) is 4.98 Å². The van der Waals surface area contributed by atoms with E-state index in [-0.39, 0.29) is 17.5 Å². The fourth-order valence-electron chi connectivity index (χ4n) is 2.67. The maximum atomic E-state index is 12.1. The van der Waals surface area contributed by atoms with E-state index in [1.165, 1.54) is 0 Å². The number of carbonyl (C=O) groups excluding carboxylic acids is 1. The molecule has 7 N–H and O–H groups in total. The third-order valence-corrected chi connectivity index (χ3v) is 4.03. The molecule has 3 rings (SSSR count). The largest absolute Gasteiger partial charge is 0.383 e. The minimum atomic E-state index is -0.458. The summed E-state index contributed by atoms with van der Waals surface area (Å²) in [5.41, 5.74) is 12.3. The molecule has 2 aromatic rings. The van der Waals surface area contributed by atoms with Crippen LogP contribution in [0, 0.1) is 0 Å². The van der Waals surface area contributed by atoms with E-state index in [4.69, 9.17) is 11.5 Å². The van der Waals surface area contributed by atoms with E-state index >= 15 is 0 Å². The number of hydrogen-bond donors (Lipinski definition) is 5. The van der Waals surface area contributed by atoms with Crippen LogP contribution in [0.25, 0.3) is 0 Å². The zero-order valence-electron chi connectivity index (χ0n) is 13.2. The smallest absolute Gasteiger partial charge is 0.278 e. The van der Waals surface area contributed by atoms with E-state index < -0.39 is 5.91 Å². The third-order valence-electron chi connectivity index (χ3n) is 4.03. The number of carbonyl (C=O) groups is 1. The quantitative estimate of drug-likeness (QED) is 0.522. The maximum Gasteiger partial charge on any atom is 0.278 e. The van der Waals surface area contributed by atoms with Crippen molar-refractivity contribution in [1.29, 1.82) is 0 Å². The molecular weight excluding hydrogens is 310 g/mol. The first-order chi connectivity index (χ1) is 11.5. The third kappa shape index (κ3) is 2.96. The molecule has 0 fully saturated rings. The second-order valence-electron chi connectivity index (χ2n) is 5.62. The van der Waals surface area contributed by atoms with Gasteiger partial charge in [0.05, 0.1) is 6.04 Å². The number of likely N-dealkylation sites (N-methyl/N-ethyl adjacent to an activating group) is 1. The van der Waals surface area contributed by atoms with Gasteiger partial charge in [0.2, 0.25) is 11.9 Å². The number of rotatable bonds is 4. The Bertz CT molecular complexity index is 816. The van der Waals surface area contributed by atoms with Gasteiger partial charge in [-0.05, 0) is 24.3 Å². The number of aromatic nitrogens is 2. The van der Waals surface area contributed by atoms with E-state index in [2.05, 4.69) is 20.6 Å². The lowest BCUT2D eigenvalue weighted by atomic mass is 10.1. The van der Waals surface area contributed by atoms with Gasteiger partial charge < -0.3 is 27.0 Å². The molecule has 0 spiro atoms. The van der Waals surface area contributed by atoms with Crippen molar-refractivity contribution in [1.82, 2.24) is 9.97 Å². The summed E-state index contributed by atoms with van der Waals surface area (Å²) in [6, 6.07) is 6.96. The van der Waals surface area contributed by atoms with E-state index in [9.17, 15) is 9.59 Å². The van der Waals surface area contributed by atoms with Crippen LogP contribution in [-0.4, -0.2) is 42.1 Å². The van der Waals surface area contributed by atoms with Crippen molar-refractivity contribution in [2.45, 2.75) is 6.04 Å². The summed E-state index contributed by atoms with van der Waals surface area (Å²) in [6.07, 6.45) is 0. The average Bonchev–Trinajstić information content (AvgIpc) is 2.54. The molecule has 0 saturated carbocycles. The van der Waals surface area contributed by atoms with Crippen molar-refractivity contribution < 1.29 is 4.79 Å². The maximum absolute atomic E-state index is 12.1. The van der Waals surface area contributed by atoms with Crippen LogP contribution in [0.4, 0.5) is 23.1 Å². The SMILES string of the molecule is CN1c2c(nc(N)[nH]c2=O)NCC1CNc1ccc(C(N)=O)cc1. The van der Waals surface area contributed by atoms with Crippen molar-refractivity contribution in [3.63, 3.8) is 0 Å². The van der Waals surface area contributed by atoms with Gasteiger partial charge in [0.25, 0.3) is 5.56 Å². The van der Waals surface area contributed by atoms with Crippen LogP contribution in [0.2, 0.25) is 0 Å². The summed E-state index contributed by atoms with van der Waals surface area (Å²) < 4.78 is 0. The molecule has 1 aliphatic heterocycles. The second-order valence-corrected chi connectivity index (χ2v) is 5.62. The van der Waals surface area contributed by atoms with Crippen LogP contribution in [0.1, 0.15) is 10.4 Å². The molecule has 0 aliphatic carbocycles. The highest BCUT2D eigenvalue weighted by Crippen LogP contribution is 2.25. The lowest BCUT2D eigenvalue weighted by Gasteiger charge is -2.35. The van der Waals surface area contributed by atoms with Crippen molar-refractivity contribution in [3.05, 3.63) is 40.2 Å². The van der Waals surface area contributed by atoms with Gasteiger partial charge in [0.1, 0.15) is 5.69 Å². The number of H-pyrrole nitrogens is 1. The Kier molecular flexibility index (Phi) is 3.98. The number of nitrogens with zero attached hydrogens (tertiary/aromatic N) is 2. The predicted octanol–water partition coefficient (Wildman–Crippen LogP) is -0.207. The minimum Gasteiger partial charge on any atom is -0.383 e. The van der Waals surface area contributed by atoms with E-state index in [0.717, 1.165) is 5.69 Å². The Morgan fingerprint density at radius 1 is 1.42 bits per heavy atom. The molecule has 1 amide bonds. The normalized spacial score (nSPS) is 16.2. The molecule has 1 unspecified atom stereocenters. The number of nitrogen functional groups attached to an aromatic ring is 1. The molecular formula is C15H19N7O2. The molecule has 0 bridgehead atoms. The molecule has 2 heterocycles. The molecule has 1 aromatic carbocycles. The standard InChI is InChI=1S/C15H19N7O2/c1-22-10(6-18-9-4-2-8(3-5-9)12(16)23)7-19-13-11(22)14(24)21-15(17)20-13/h2-5,10,18H,6-7H2,1H3,(H2,16,23)(H4,17,19,20,21,24). The Hall–Kier alpha value is -3.23. The molecule has 24 heavy (non-hydrogen) atoms. The number of nitrogens with one attached hydrogen (secondary N) is 3. The van der Waals surface area contributed by atoms with Crippen molar-refractivity contribution >= 4 is 29.0 Å². The Balaban J connectivity index is 1.70. The molecule has 126 valence electrons. The van der Waals surface area contributed by atoms with Crippen molar-refractivity contribution in [2.24, 2.45) is 5.73 Å². The Labute approximate surface area is 138 Å². The van der Waals surface area contributed by atoms with Crippen LogP contribution in [0.5, 0.6) is 0 Å². The number of hydrogen-bond acceptors (Lipinski definition) is 7. The average molecular weight is 329 g/mol. The summed E-state index contributed by atoms with van der Waals surface area (Å²) in [4.78, 5) is 31.7. The highest BCUT2D eigenvalue weighted by Gasteiger charge is 2.27. The molecule has 9 heteroatoms. The summed E-state index contributed by atoms with van der Waals surface area (Å²) in [6.45, 7) is 1.22. The fraction of sp³-hybridized carbons (Fsp3) is 0.267. The molecule has 0 saturated heterocycles. The first kappa shape index (κ1) is 15.7. The molecule has 0 radical (unpaired) electrons. The molecule has 1 aliphatic rings. The first-order valence-electron chi connectivity index (χ1n) is 7.46. The zero-order valence-corrected chi connectivity index (χ0v) is 13.2. The fourth-order valence-corrected chi connectivity index (χ4v) is 2.67. The number of primary amides is 1. The minimum absolute atomic E-state index is 0.0415. The van der Waals surface area contributed by atoms with E-state index in [1.807, 2.05) is 11.9 Å². The number of amides is 1. The van der Waals surface area contributed by atoms with Gasteiger partial charge in [0, 0.05) is 31.4 Å². The van der Waals surface area contributed by atoms with Crippen molar-refractivity contribution in [3.8, 4) is 0 Å². The Morgan fingerprint density at radius 2 is 2.12 bits per heavy atom. The van der Waals surface area contributed by atoms with Gasteiger partial charge >= 0.3 is 0 Å². The summed E-state index contributed by atoms with van der Waals surface area (Å²) in [5, 5.41) is 6.41. The predicted molar refractivity (Wildman–Crippen MR) is 93.4 cm³/mol. The summed E-state index contributed by atoms with van der Waals surface area (Å²) in [5.74, 6) is 0.118. The summed E-state index contributed by atoms with van der Waals surface area (Å²) in [7, 11) is 1.84. The van der Waals surface area contributed by atoms with Gasteiger partial charge in [-0.25, -0.2) is 0 Å². The topological polar surface area (TPSA) is 142 Å². The zero-order chi connectivity index (χ0) is 17.3. The number of nitrogens with two attached hydrogens (primary N) is 2. The van der Waals surface area contributed by atoms with Crippen LogP contribution >= 0.6 is 0 Å². The second kappa shape index (κ2) is 6.11. The summed E-state index contributed by atoms with van der Waals surface area (Å²) >= 11 is 0. The number of benzene rings is 1. The van der Waals surface area contributed by atoms with E-state index in [1.54, 1.807) is 24.3 Å². The highest BCUT2D eigenvalue weighted by molar-refractivity contribution is 5.93. The molecule has 9 nitrogen and oxygen atoms in total. The monoisotopic (exact) mass is 329 g/mol. The molecule has 1 aromatic heterocycles.